The Balaban J connectivity index is 1.26. The van der Waals surface area contributed by atoms with E-state index in [9.17, 15) is 9.59 Å². The predicted molar refractivity (Wildman–Crippen MR) is 99.4 cm³/mol. The molecule has 0 spiro atoms. The average molecular weight is 372 g/mol. The van der Waals surface area contributed by atoms with E-state index >= 15 is 0 Å². The molecule has 0 aromatic carbocycles. The molecule has 2 aromatic heterocycles. The molecule has 1 aliphatic heterocycles. The first kappa shape index (κ1) is 18.8. The number of carbonyl (C=O) groups excluding carboxylic acids is 2. The molecule has 144 valence electrons. The normalized spacial score (nSPS) is 14.7. The Morgan fingerprint density at radius 2 is 1.81 bits per heavy atom. The van der Waals surface area contributed by atoms with Crippen LogP contribution in [0, 0.1) is 0 Å². The fraction of sp³-hybridized carbons (Fsp3) is 0.444. The summed E-state index contributed by atoms with van der Waals surface area (Å²) in [6, 6.07) is 5.04. The number of hydrogen-bond donors (Lipinski definition) is 2. The van der Waals surface area contributed by atoms with Gasteiger partial charge in [-0.3, -0.25) is 14.5 Å². The maximum absolute atomic E-state index is 11.9. The Morgan fingerprint density at radius 3 is 2.52 bits per heavy atom. The van der Waals surface area contributed by atoms with E-state index in [-0.39, 0.29) is 30.5 Å². The van der Waals surface area contributed by atoms with Crippen molar-refractivity contribution in [1.82, 2.24) is 25.5 Å². The zero-order valence-corrected chi connectivity index (χ0v) is 15.1. The number of furan rings is 1. The van der Waals surface area contributed by atoms with E-state index in [0.717, 1.165) is 38.7 Å². The second kappa shape index (κ2) is 9.67. The summed E-state index contributed by atoms with van der Waals surface area (Å²) in [4.78, 5) is 36.6. The molecule has 3 heterocycles. The van der Waals surface area contributed by atoms with E-state index in [1.807, 2.05) is 6.07 Å². The average Bonchev–Trinajstić information content (AvgIpc) is 3.24. The Morgan fingerprint density at radius 1 is 1.04 bits per heavy atom. The highest BCUT2D eigenvalue weighted by atomic mass is 16.3. The summed E-state index contributed by atoms with van der Waals surface area (Å²) in [7, 11) is 0. The molecule has 0 radical (unpaired) electrons. The van der Waals surface area contributed by atoms with Crippen LogP contribution < -0.4 is 15.5 Å². The Hall–Kier alpha value is -2.94. The molecule has 1 aliphatic rings. The topological polar surface area (TPSA) is 104 Å². The fourth-order valence-electron chi connectivity index (χ4n) is 2.85. The summed E-state index contributed by atoms with van der Waals surface area (Å²) >= 11 is 0. The molecule has 0 saturated carbocycles. The van der Waals surface area contributed by atoms with Crippen LogP contribution in [-0.2, 0) is 4.79 Å². The third-order valence-electron chi connectivity index (χ3n) is 4.34. The minimum Gasteiger partial charge on any atom is -0.459 e. The quantitative estimate of drug-likeness (QED) is 0.679. The van der Waals surface area contributed by atoms with Crippen molar-refractivity contribution < 1.29 is 14.0 Å². The summed E-state index contributed by atoms with van der Waals surface area (Å²) in [5.74, 6) is 0.622. The molecule has 0 atom stereocenters. The zero-order valence-electron chi connectivity index (χ0n) is 15.1. The third kappa shape index (κ3) is 5.78. The van der Waals surface area contributed by atoms with Crippen molar-refractivity contribution in [3.8, 4) is 0 Å². The summed E-state index contributed by atoms with van der Waals surface area (Å²) in [6.07, 6.45) is 5.18. The van der Waals surface area contributed by atoms with Crippen LogP contribution in [-0.4, -0.2) is 72.5 Å². The number of carbonyl (C=O) groups is 2. The van der Waals surface area contributed by atoms with Gasteiger partial charge >= 0.3 is 0 Å². The van der Waals surface area contributed by atoms with Crippen LogP contribution >= 0.6 is 0 Å². The highest BCUT2D eigenvalue weighted by Gasteiger charge is 2.18. The summed E-state index contributed by atoms with van der Waals surface area (Å²) < 4.78 is 4.99. The molecule has 27 heavy (non-hydrogen) atoms. The molecule has 2 aromatic rings. The van der Waals surface area contributed by atoms with Crippen molar-refractivity contribution in [3.63, 3.8) is 0 Å². The van der Waals surface area contributed by atoms with Crippen molar-refractivity contribution in [2.45, 2.75) is 6.42 Å². The number of nitrogens with one attached hydrogen (secondary N) is 2. The monoisotopic (exact) mass is 372 g/mol. The molecule has 9 heteroatoms. The van der Waals surface area contributed by atoms with Gasteiger partial charge in [0, 0.05) is 64.6 Å². The minimum atomic E-state index is -0.312. The van der Waals surface area contributed by atoms with Crippen molar-refractivity contribution in [2.75, 3.05) is 50.7 Å². The number of piperazine rings is 1. The number of nitrogens with zero attached hydrogens (tertiary/aromatic N) is 4. The van der Waals surface area contributed by atoms with Gasteiger partial charge in [-0.15, -0.1) is 0 Å². The number of anilines is 1. The minimum absolute atomic E-state index is 0.0777. The van der Waals surface area contributed by atoms with Gasteiger partial charge in [0.15, 0.2) is 5.76 Å². The molecular formula is C18H24N6O3. The highest BCUT2D eigenvalue weighted by molar-refractivity contribution is 5.91. The number of aromatic nitrogens is 2. The lowest BCUT2D eigenvalue weighted by Gasteiger charge is -2.34. The van der Waals surface area contributed by atoms with Gasteiger partial charge in [0.25, 0.3) is 5.91 Å². The molecule has 3 rings (SSSR count). The van der Waals surface area contributed by atoms with Crippen LogP contribution in [0.15, 0.2) is 41.3 Å². The van der Waals surface area contributed by atoms with Crippen LogP contribution in [0.4, 0.5) is 5.95 Å². The second-order valence-electron chi connectivity index (χ2n) is 6.21. The third-order valence-corrected chi connectivity index (χ3v) is 4.34. The molecule has 9 nitrogen and oxygen atoms in total. The highest BCUT2D eigenvalue weighted by Crippen LogP contribution is 2.09. The van der Waals surface area contributed by atoms with Crippen LogP contribution in [0.1, 0.15) is 17.0 Å². The lowest BCUT2D eigenvalue weighted by molar-refractivity contribution is -0.121. The van der Waals surface area contributed by atoms with E-state index in [1.165, 1.54) is 6.26 Å². The molecule has 1 fully saturated rings. The Bertz CT molecular complexity index is 714. The smallest absolute Gasteiger partial charge is 0.286 e. The first-order chi connectivity index (χ1) is 13.2. The maximum Gasteiger partial charge on any atom is 0.286 e. The van der Waals surface area contributed by atoms with Gasteiger partial charge in [-0.1, -0.05) is 0 Å². The Labute approximate surface area is 157 Å². The van der Waals surface area contributed by atoms with Gasteiger partial charge in [0.1, 0.15) is 0 Å². The molecule has 2 amide bonds. The van der Waals surface area contributed by atoms with E-state index in [1.54, 1.807) is 24.5 Å². The van der Waals surface area contributed by atoms with E-state index in [4.69, 9.17) is 4.42 Å². The number of hydrogen-bond acceptors (Lipinski definition) is 7. The summed E-state index contributed by atoms with van der Waals surface area (Å²) in [5.41, 5.74) is 0. The first-order valence-electron chi connectivity index (χ1n) is 9.05. The maximum atomic E-state index is 11.9. The lowest BCUT2D eigenvalue weighted by Crippen LogP contribution is -2.49. The van der Waals surface area contributed by atoms with Crippen molar-refractivity contribution in [3.05, 3.63) is 42.6 Å². The van der Waals surface area contributed by atoms with Crippen LogP contribution in [0.2, 0.25) is 0 Å². The summed E-state index contributed by atoms with van der Waals surface area (Å²) in [5, 5.41) is 5.54. The van der Waals surface area contributed by atoms with Gasteiger partial charge in [-0.05, 0) is 18.2 Å². The molecule has 0 bridgehead atoms. The molecule has 0 aliphatic carbocycles. The van der Waals surface area contributed by atoms with Gasteiger partial charge in [0.05, 0.1) is 6.26 Å². The molecule has 2 N–H and O–H groups in total. The van der Waals surface area contributed by atoms with Crippen molar-refractivity contribution >= 4 is 17.8 Å². The Kier molecular flexibility index (Phi) is 6.75. The second-order valence-corrected chi connectivity index (χ2v) is 6.21. The number of amides is 2. The van der Waals surface area contributed by atoms with Gasteiger partial charge in [-0.25, -0.2) is 9.97 Å². The van der Waals surface area contributed by atoms with Gasteiger partial charge in [0.2, 0.25) is 11.9 Å². The predicted octanol–water partition coefficient (Wildman–Crippen LogP) is 0.128. The molecule has 0 unspecified atom stereocenters. The van der Waals surface area contributed by atoms with E-state index < -0.39 is 0 Å². The molecule has 1 saturated heterocycles. The van der Waals surface area contributed by atoms with Crippen molar-refractivity contribution in [2.24, 2.45) is 0 Å². The van der Waals surface area contributed by atoms with Crippen molar-refractivity contribution in [1.29, 1.82) is 0 Å². The van der Waals surface area contributed by atoms with Gasteiger partial charge in [-0.2, -0.15) is 0 Å². The van der Waals surface area contributed by atoms with E-state index in [2.05, 4.69) is 30.4 Å². The zero-order chi connectivity index (χ0) is 18.9. The molecular weight excluding hydrogens is 348 g/mol. The van der Waals surface area contributed by atoms with Crippen LogP contribution in [0.25, 0.3) is 0 Å². The van der Waals surface area contributed by atoms with Crippen LogP contribution in [0.5, 0.6) is 0 Å². The fourth-order valence-corrected chi connectivity index (χ4v) is 2.85. The summed E-state index contributed by atoms with van der Waals surface area (Å²) in [6.45, 7) is 5.23. The SMILES string of the molecule is O=C(CCNC(=O)c1ccco1)NCCN1CCN(c2ncccn2)CC1. The van der Waals surface area contributed by atoms with Gasteiger partial charge < -0.3 is 20.0 Å². The number of rotatable bonds is 8. The van der Waals surface area contributed by atoms with Crippen LogP contribution in [0.3, 0.4) is 0 Å². The standard InChI is InChI=1S/C18H24N6O3/c25-16(4-7-20-17(26)15-3-1-14-27-15)19-8-9-23-10-12-24(13-11-23)18-21-5-2-6-22-18/h1-3,5-6,14H,4,7-13H2,(H,19,25)(H,20,26). The lowest BCUT2D eigenvalue weighted by atomic mass is 10.3. The first-order valence-corrected chi connectivity index (χ1v) is 9.05. The largest absolute Gasteiger partial charge is 0.459 e. The van der Waals surface area contributed by atoms with E-state index in [0.29, 0.717) is 6.54 Å².